The molecular formula is C30H35FN4O4. The van der Waals surface area contributed by atoms with Crippen molar-refractivity contribution >= 4 is 23.3 Å². The number of benzene rings is 3. The highest BCUT2D eigenvalue weighted by Gasteiger charge is 2.34. The van der Waals surface area contributed by atoms with Gasteiger partial charge in [0.25, 0.3) is 5.91 Å². The molecule has 0 aromatic heterocycles. The second-order valence-corrected chi connectivity index (χ2v) is 10.1. The van der Waals surface area contributed by atoms with Crippen LogP contribution in [0.25, 0.3) is 0 Å². The number of aliphatic hydroxyl groups is 1. The van der Waals surface area contributed by atoms with E-state index < -0.39 is 17.9 Å². The average Bonchev–Trinajstić information content (AvgIpc) is 2.92. The van der Waals surface area contributed by atoms with Crippen molar-refractivity contribution in [3.63, 3.8) is 0 Å². The fourth-order valence-corrected chi connectivity index (χ4v) is 4.64. The van der Waals surface area contributed by atoms with Gasteiger partial charge in [-0.2, -0.15) is 0 Å². The fraction of sp³-hybridized carbons (Fsp3) is 0.333. The fourth-order valence-electron chi connectivity index (χ4n) is 4.64. The Hall–Kier alpha value is -3.95. The first-order valence-corrected chi connectivity index (χ1v) is 13.0. The van der Waals surface area contributed by atoms with Crippen LogP contribution < -0.4 is 15.4 Å². The lowest BCUT2D eigenvalue weighted by Crippen LogP contribution is -2.49. The summed E-state index contributed by atoms with van der Waals surface area (Å²) in [6, 6.07) is 19.6. The topological polar surface area (TPSA) is 94.1 Å². The summed E-state index contributed by atoms with van der Waals surface area (Å²) >= 11 is 0. The van der Waals surface area contributed by atoms with E-state index >= 15 is 0 Å². The number of aliphatic hydroxyl groups excluding tert-OH is 1. The molecule has 0 unspecified atom stereocenters. The van der Waals surface area contributed by atoms with Gasteiger partial charge < -0.3 is 25.4 Å². The molecule has 0 bridgehead atoms. The first-order chi connectivity index (χ1) is 18.7. The van der Waals surface area contributed by atoms with Crippen LogP contribution in [-0.2, 0) is 6.54 Å². The molecule has 206 valence electrons. The van der Waals surface area contributed by atoms with Crippen molar-refractivity contribution in [2.75, 3.05) is 37.4 Å². The largest absolute Gasteiger partial charge is 0.486 e. The Labute approximate surface area is 228 Å². The van der Waals surface area contributed by atoms with Gasteiger partial charge in [0.05, 0.1) is 23.9 Å². The monoisotopic (exact) mass is 534 g/mol. The second kappa shape index (κ2) is 12.7. The summed E-state index contributed by atoms with van der Waals surface area (Å²) in [7, 11) is 2.02. The predicted molar refractivity (Wildman–Crippen MR) is 149 cm³/mol. The van der Waals surface area contributed by atoms with E-state index in [1.54, 1.807) is 23.1 Å². The minimum Gasteiger partial charge on any atom is -0.486 e. The Balaban J connectivity index is 1.62. The number of hydrogen-bond donors (Lipinski definition) is 3. The molecule has 3 aromatic carbocycles. The van der Waals surface area contributed by atoms with Gasteiger partial charge >= 0.3 is 6.03 Å². The number of carbonyl (C=O) groups excluding carboxylic acids is 2. The van der Waals surface area contributed by atoms with Crippen molar-refractivity contribution in [2.24, 2.45) is 5.92 Å². The Morgan fingerprint density at radius 2 is 1.82 bits per heavy atom. The number of ether oxygens (including phenoxy) is 1. The van der Waals surface area contributed by atoms with Gasteiger partial charge in [0.2, 0.25) is 0 Å². The first kappa shape index (κ1) is 28.1. The van der Waals surface area contributed by atoms with Crippen LogP contribution >= 0.6 is 0 Å². The third-order valence-electron chi connectivity index (χ3n) is 6.83. The van der Waals surface area contributed by atoms with Crippen LogP contribution in [0, 0.1) is 11.7 Å². The number of carbonyl (C=O) groups is 2. The van der Waals surface area contributed by atoms with E-state index in [9.17, 15) is 19.1 Å². The zero-order valence-corrected chi connectivity index (χ0v) is 22.4. The van der Waals surface area contributed by atoms with Crippen LogP contribution in [-0.4, -0.2) is 65.7 Å². The van der Waals surface area contributed by atoms with Crippen LogP contribution in [0.3, 0.4) is 0 Å². The Morgan fingerprint density at radius 1 is 1.10 bits per heavy atom. The van der Waals surface area contributed by atoms with Crippen LogP contribution in [0.2, 0.25) is 0 Å². The lowest BCUT2D eigenvalue weighted by atomic mass is 9.99. The first-order valence-electron chi connectivity index (χ1n) is 13.0. The molecule has 0 spiro atoms. The Morgan fingerprint density at radius 3 is 2.51 bits per heavy atom. The van der Waals surface area contributed by atoms with Gasteiger partial charge in [-0.3, -0.25) is 9.69 Å². The molecule has 1 aliphatic heterocycles. The van der Waals surface area contributed by atoms with E-state index in [0.717, 1.165) is 6.54 Å². The third-order valence-corrected chi connectivity index (χ3v) is 6.83. The summed E-state index contributed by atoms with van der Waals surface area (Å²) in [6.45, 7) is 5.35. The van der Waals surface area contributed by atoms with Crippen molar-refractivity contribution in [1.29, 1.82) is 0 Å². The number of para-hydroxylation sites is 1. The van der Waals surface area contributed by atoms with Crippen LogP contribution in [0.15, 0.2) is 72.8 Å². The van der Waals surface area contributed by atoms with Crippen LogP contribution in [0.1, 0.15) is 29.8 Å². The Kier molecular flexibility index (Phi) is 9.16. The van der Waals surface area contributed by atoms with Crippen molar-refractivity contribution in [3.8, 4) is 5.75 Å². The normalized spacial score (nSPS) is 18.0. The molecule has 4 rings (SSSR count). The molecule has 39 heavy (non-hydrogen) atoms. The number of anilines is 2. The summed E-state index contributed by atoms with van der Waals surface area (Å²) in [5.74, 6) is -0.486. The minimum absolute atomic E-state index is 0.0737. The summed E-state index contributed by atoms with van der Waals surface area (Å²) in [5.41, 5.74) is 2.23. The number of nitrogens with one attached hydrogen (secondary N) is 2. The van der Waals surface area contributed by atoms with E-state index in [1.165, 1.54) is 29.8 Å². The van der Waals surface area contributed by atoms with Crippen molar-refractivity contribution in [2.45, 2.75) is 32.5 Å². The SMILES string of the molecule is C[C@H](CO)N1C[C@H](C)[C@H](CN(C)Cc2ccccc2)Oc2c(NC(=O)Nc3ccc(F)cc3)cccc2C1=O. The lowest BCUT2D eigenvalue weighted by molar-refractivity contribution is 0.0343. The van der Waals surface area contributed by atoms with E-state index in [1.807, 2.05) is 39.1 Å². The number of urea groups is 1. The highest BCUT2D eigenvalue weighted by atomic mass is 19.1. The van der Waals surface area contributed by atoms with Gasteiger partial charge in [-0.1, -0.05) is 43.3 Å². The summed E-state index contributed by atoms with van der Waals surface area (Å²) in [6.07, 6.45) is -0.318. The molecule has 0 fully saturated rings. The molecule has 0 saturated heterocycles. The molecule has 1 aliphatic rings. The molecule has 3 atom stereocenters. The zero-order chi connectivity index (χ0) is 27.9. The quantitative estimate of drug-likeness (QED) is 0.385. The maximum atomic E-state index is 13.6. The minimum atomic E-state index is -0.556. The van der Waals surface area contributed by atoms with Gasteiger partial charge in [-0.25, -0.2) is 9.18 Å². The summed E-state index contributed by atoms with van der Waals surface area (Å²) < 4.78 is 19.8. The van der Waals surface area contributed by atoms with E-state index in [-0.39, 0.29) is 30.3 Å². The van der Waals surface area contributed by atoms with Gasteiger partial charge in [-0.05, 0) is 55.9 Å². The summed E-state index contributed by atoms with van der Waals surface area (Å²) in [4.78, 5) is 30.3. The number of halogens is 1. The van der Waals surface area contributed by atoms with E-state index in [4.69, 9.17) is 4.74 Å². The van der Waals surface area contributed by atoms with Crippen LogP contribution in [0.5, 0.6) is 5.75 Å². The molecule has 3 aromatic rings. The number of nitrogens with zero attached hydrogens (tertiary/aromatic N) is 2. The van der Waals surface area contributed by atoms with Gasteiger partial charge in [0, 0.05) is 31.2 Å². The zero-order valence-electron chi connectivity index (χ0n) is 22.4. The standard InChI is InChI=1S/C30H35FN4O4/c1-20-16-35(21(2)19-36)29(37)25-10-7-11-26(33-30(38)32-24-14-12-23(31)13-15-24)28(25)39-27(20)18-34(3)17-22-8-5-4-6-9-22/h4-15,20-21,27,36H,16-19H2,1-3H3,(H2,32,33,38)/t20-,21+,27-/m0/s1. The van der Waals surface area contributed by atoms with Crippen molar-refractivity contribution < 1.29 is 23.8 Å². The smallest absolute Gasteiger partial charge is 0.323 e. The maximum absolute atomic E-state index is 13.6. The number of amides is 3. The van der Waals surface area contributed by atoms with Crippen molar-refractivity contribution in [1.82, 2.24) is 9.80 Å². The number of likely N-dealkylation sites (N-methyl/N-ethyl adjacent to an activating group) is 1. The third kappa shape index (κ3) is 7.13. The molecule has 3 amide bonds. The van der Waals surface area contributed by atoms with E-state index in [2.05, 4.69) is 27.7 Å². The highest BCUT2D eigenvalue weighted by molar-refractivity contribution is 6.04. The highest BCUT2D eigenvalue weighted by Crippen LogP contribution is 2.35. The Bertz CT molecular complexity index is 1270. The molecule has 9 heteroatoms. The van der Waals surface area contributed by atoms with Gasteiger partial charge in [0.1, 0.15) is 11.9 Å². The predicted octanol–water partition coefficient (Wildman–Crippen LogP) is 4.82. The maximum Gasteiger partial charge on any atom is 0.323 e. The number of fused-ring (bicyclic) bond motifs is 1. The van der Waals surface area contributed by atoms with E-state index in [0.29, 0.717) is 30.0 Å². The average molecular weight is 535 g/mol. The van der Waals surface area contributed by atoms with Gasteiger partial charge in [0.15, 0.2) is 5.75 Å². The van der Waals surface area contributed by atoms with Crippen LogP contribution in [0.4, 0.5) is 20.6 Å². The lowest BCUT2D eigenvalue weighted by Gasteiger charge is -2.38. The molecule has 0 radical (unpaired) electrons. The van der Waals surface area contributed by atoms with Gasteiger partial charge in [-0.15, -0.1) is 0 Å². The molecule has 3 N–H and O–H groups in total. The molecule has 8 nitrogen and oxygen atoms in total. The van der Waals surface area contributed by atoms with Crippen molar-refractivity contribution in [3.05, 3.63) is 89.7 Å². The molecular weight excluding hydrogens is 499 g/mol. The molecule has 0 aliphatic carbocycles. The number of rotatable bonds is 8. The second-order valence-electron chi connectivity index (χ2n) is 10.1. The molecule has 0 saturated carbocycles. The number of hydrogen-bond acceptors (Lipinski definition) is 5. The summed E-state index contributed by atoms with van der Waals surface area (Å²) in [5, 5.41) is 15.3. The molecule has 1 heterocycles.